The van der Waals surface area contributed by atoms with Crippen LogP contribution in [0.2, 0.25) is 0 Å². The molecule has 5 rings (SSSR count). The normalized spacial score (nSPS) is 12.9. The summed E-state index contributed by atoms with van der Waals surface area (Å²) in [6.45, 7) is 9.04. The summed E-state index contributed by atoms with van der Waals surface area (Å²) in [5.74, 6) is 1.03. The minimum Gasteiger partial charge on any atom is -0.468 e. The highest BCUT2D eigenvalue weighted by Gasteiger charge is 2.33. The van der Waals surface area contributed by atoms with Crippen LogP contribution in [-0.4, -0.2) is 36.6 Å². The molecule has 0 amide bonds. The Bertz CT molecular complexity index is 1580. The average molecular weight is 515 g/mol. The average Bonchev–Trinajstić information content (AvgIpc) is 3.56. The van der Waals surface area contributed by atoms with Gasteiger partial charge in [-0.05, 0) is 98.0 Å². The van der Waals surface area contributed by atoms with E-state index in [4.69, 9.17) is 4.42 Å². The molecule has 0 radical (unpaired) electrons. The van der Waals surface area contributed by atoms with E-state index < -0.39 is 11.6 Å². The van der Waals surface area contributed by atoms with Crippen LogP contribution < -0.4 is 5.56 Å². The Morgan fingerprint density at radius 1 is 1.11 bits per heavy atom. The number of hydrogen-bond acceptors (Lipinski definition) is 6. The molecule has 1 N–H and O–H groups in total. The number of rotatable bonds is 8. The summed E-state index contributed by atoms with van der Waals surface area (Å²) in [7, 11) is 0. The fraction of sp³-hybridized carbons (Fsp3) is 0.310. The Morgan fingerprint density at radius 2 is 1.89 bits per heavy atom. The van der Waals surface area contributed by atoms with Crippen LogP contribution in [0.1, 0.15) is 55.1 Å². The van der Waals surface area contributed by atoms with Crippen molar-refractivity contribution >= 4 is 10.9 Å². The molecule has 0 saturated heterocycles. The van der Waals surface area contributed by atoms with Crippen molar-refractivity contribution in [3.05, 3.63) is 111 Å². The Balaban J connectivity index is 1.66. The van der Waals surface area contributed by atoms with Gasteiger partial charge >= 0.3 is 0 Å². The maximum Gasteiger partial charge on any atom is 0.253 e. The van der Waals surface area contributed by atoms with E-state index in [0.29, 0.717) is 30.9 Å². The van der Waals surface area contributed by atoms with Gasteiger partial charge in [0.1, 0.15) is 17.6 Å². The van der Waals surface area contributed by atoms with Gasteiger partial charge in [-0.1, -0.05) is 23.8 Å². The highest BCUT2D eigenvalue weighted by molar-refractivity contribution is 5.79. The zero-order chi connectivity index (χ0) is 26.9. The monoisotopic (exact) mass is 514 g/mol. The van der Waals surface area contributed by atoms with E-state index >= 15 is 0 Å². The van der Waals surface area contributed by atoms with Crippen LogP contribution in [0, 0.1) is 12.7 Å². The van der Waals surface area contributed by atoms with Crippen LogP contribution in [0.25, 0.3) is 10.9 Å². The molecule has 5 aromatic rings. The van der Waals surface area contributed by atoms with Gasteiger partial charge in [0, 0.05) is 17.6 Å². The molecule has 0 aliphatic carbocycles. The standard InChI is InChI=1S/C29H31FN6O2/c1-19-7-12-25-21(16-19)17-24(28(37)31-25)26(27-32-33-34-36(27)29(2,3)4)35(18-23-6-5-15-38-23)14-13-20-8-10-22(30)11-9-20/h5-12,15-17,26H,13-14,18H2,1-4H3,(H,31,37). The quantitative estimate of drug-likeness (QED) is 0.308. The molecule has 0 fully saturated rings. The molecule has 0 aliphatic rings. The SMILES string of the molecule is Cc1ccc2[nH]c(=O)c(C(c3nnnn3C(C)(C)C)N(CCc3ccc(F)cc3)Cc3ccco3)cc2c1. The molecule has 196 valence electrons. The first-order chi connectivity index (χ1) is 18.2. The Kier molecular flexibility index (Phi) is 6.94. The Hall–Kier alpha value is -4.11. The molecular weight excluding hydrogens is 483 g/mol. The molecule has 0 saturated carbocycles. The van der Waals surface area contributed by atoms with Crippen molar-refractivity contribution in [1.29, 1.82) is 0 Å². The van der Waals surface area contributed by atoms with E-state index in [2.05, 4.69) is 25.4 Å². The number of aryl methyl sites for hydroxylation is 1. The van der Waals surface area contributed by atoms with Crippen molar-refractivity contribution < 1.29 is 8.81 Å². The number of hydrogen-bond donors (Lipinski definition) is 1. The minimum absolute atomic E-state index is 0.207. The van der Waals surface area contributed by atoms with Crippen LogP contribution in [0.5, 0.6) is 0 Å². The number of aromatic nitrogens is 5. The van der Waals surface area contributed by atoms with Gasteiger partial charge in [-0.2, -0.15) is 0 Å². The summed E-state index contributed by atoms with van der Waals surface area (Å²) in [4.78, 5) is 18.8. The second-order valence-electron chi connectivity index (χ2n) is 10.6. The first-order valence-corrected chi connectivity index (χ1v) is 12.6. The van der Waals surface area contributed by atoms with Crippen molar-refractivity contribution in [3.63, 3.8) is 0 Å². The highest BCUT2D eigenvalue weighted by atomic mass is 19.1. The number of tetrazole rings is 1. The fourth-order valence-corrected chi connectivity index (χ4v) is 4.71. The molecular formula is C29H31FN6O2. The zero-order valence-electron chi connectivity index (χ0n) is 22.0. The van der Waals surface area contributed by atoms with E-state index in [9.17, 15) is 9.18 Å². The van der Waals surface area contributed by atoms with Crippen LogP contribution >= 0.6 is 0 Å². The van der Waals surface area contributed by atoms with Crippen LogP contribution in [0.3, 0.4) is 0 Å². The number of pyridine rings is 1. The van der Waals surface area contributed by atoms with Gasteiger partial charge in [-0.15, -0.1) is 5.10 Å². The predicted octanol–water partition coefficient (Wildman–Crippen LogP) is 5.14. The zero-order valence-corrected chi connectivity index (χ0v) is 22.0. The second-order valence-corrected chi connectivity index (χ2v) is 10.6. The molecule has 3 aromatic heterocycles. The van der Waals surface area contributed by atoms with Gasteiger partial charge in [0.25, 0.3) is 5.56 Å². The smallest absolute Gasteiger partial charge is 0.253 e. The maximum atomic E-state index is 13.6. The number of H-pyrrole nitrogens is 1. The Labute approximate surface area is 220 Å². The van der Waals surface area contributed by atoms with Crippen molar-refractivity contribution in [1.82, 2.24) is 30.1 Å². The molecule has 0 bridgehead atoms. The number of benzene rings is 2. The third-order valence-electron chi connectivity index (χ3n) is 6.60. The highest BCUT2D eigenvalue weighted by Crippen LogP contribution is 2.31. The van der Waals surface area contributed by atoms with Gasteiger partial charge in [0.15, 0.2) is 5.82 Å². The maximum absolute atomic E-state index is 13.6. The molecule has 9 heteroatoms. The minimum atomic E-state index is -0.580. The number of furan rings is 1. The topological polar surface area (TPSA) is 92.8 Å². The van der Waals surface area contributed by atoms with E-state index in [-0.39, 0.29) is 11.4 Å². The van der Waals surface area contributed by atoms with Gasteiger partial charge in [0.05, 0.1) is 18.3 Å². The fourth-order valence-electron chi connectivity index (χ4n) is 4.71. The van der Waals surface area contributed by atoms with Crippen LogP contribution in [0.15, 0.2) is 76.1 Å². The summed E-state index contributed by atoms with van der Waals surface area (Å²) < 4.78 is 21.0. The van der Waals surface area contributed by atoms with Crippen LogP contribution in [0.4, 0.5) is 4.39 Å². The molecule has 3 heterocycles. The first kappa shape index (κ1) is 25.5. The third-order valence-corrected chi connectivity index (χ3v) is 6.60. The predicted molar refractivity (Wildman–Crippen MR) is 143 cm³/mol. The number of fused-ring (bicyclic) bond motifs is 1. The van der Waals surface area contributed by atoms with Crippen molar-refractivity contribution in [2.24, 2.45) is 0 Å². The number of nitrogens with one attached hydrogen (secondary N) is 1. The van der Waals surface area contributed by atoms with E-state index in [0.717, 1.165) is 27.8 Å². The van der Waals surface area contributed by atoms with Gasteiger partial charge in [-0.3, -0.25) is 9.69 Å². The van der Waals surface area contributed by atoms with Crippen LogP contribution in [-0.2, 0) is 18.5 Å². The lowest BCUT2D eigenvalue weighted by Crippen LogP contribution is -2.38. The van der Waals surface area contributed by atoms with E-state index in [1.807, 2.05) is 64.1 Å². The number of halogens is 1. The van der Waals surface area contributed by atoms with Gasteiger partial charge < -0.3 is 9.40 Å². The molecule has 0 spiro atoms. The van der Waals surface area contributed by atoms with Crippen molar-refractivity contribution in [2.45, 2.75) is 52.2 Å². The first-order valence-electron chi connectivity index (χ1n) is 12.6. The number of nitrogens with zero attached hydrogens (tertiary/aromatic N) is 5. The summed E-state index contributed by atoms with van der Waals surface area (Å²) in [6, 6.07) is 17.5. The molecule has 38 heavy (non-hydrogen) atoms. The lowest BCUT2D eigenvalue weighted by Gasteiger charge is -2.32. The Morgan fingerprint density at radius 3 is 2.61 bits per heavy atom. The molecule has 1 atom stereocenters. The van der Waals surface area contributed by atoms with E-state index in [1.165, 1.54) is 12.1 Å². The number of aromatic amines is 1. The second kappa shape index (κ2) is 10.3. The lowest BCUT2D eigenvalue weighted by molar-refractivity contribution is 0.181. The van der Waals surface area contributed by atoms with Gasteiger partial charge in [0.2, 0.25) is 0 Å². The largest absolute Gasteiger partial charge is 0.468 e. The molecule has 2 aromatic carbocycles. The van der Waals surface area contributed by atoms with Gasteiger partial charge in [-0.25, -0.2) is 9.07 Å². The van der Waals surface area contributed by atoms with Crippen molar-refractivity contribution in [2.75, 3.05) is 6.54 Å². The summed E-state index contributed by atoms with van der Waals surface area (Å²) in [6.07, 6.45) is 2.26. The molecule has 0 aliphatic heterocycles. The van der Waals surface area contributed by atoms with Crippen molar-refractivity contribution in [3.8, 4) is 0 Å². The summed E-state index contributed by atoms with van der Waals surface area (Å²) >= 11 is 0. The summed E-state index contributed by atoms with van der Waals surface area (Å²) in [5.41, 5.74) is 2.74. The molecule has 1 unspecified atom stereocenters. The summed E-state index contributed by atoms with van der Waals surface area (Å²) in [5, 5.41) is 13.7. The van der Waals surface area contributed by atoms with E-state index in [1.54, 1.807) is 23.1 Å². The third kappa shape index (κ3) is 5.43. The lowest BCUT2D eigenvalue weighted by atomic mass is 10.00. The molecule has 8 nitrogen and oxygen atoms in total.